The van der Waals surface area contributed by atoms with Crippen LogP contribution in [0.25, 0.3) is 0 Å². The molecule has 1 aromatic carbocycles. The Morgan fingerprint density at radius 3 is 2.87 bits per heavy atom. The van der Waals surface area contributed by atoms with Crippen molar-refractivity contribution in [2.75, 3.05) is 0 Å². The van der Waals surface area contributed by atoms with Crippen molar-refractivity contribution in [3.05, 3.63) is 50.9 Å². The Bertz CT molecular complexity index is 830. The zero-order valence-electron chi connectivity index (χ0n) is 12.4. The van der Waals surface area contributed by atoms with Crippen LogP contribution in [0.1, 0.15) is 43.1 Å². The third kappa shape index (κ3) is 2.76. The molecular formula is C15H15ClFN3O3. The van der Waals surface area contributed by atoms with Gasteiger partial charge < -0.3 is 5.11 Å². The summed E-state index contributed by atoms with van der Waals surface area (Å²) in [6, 6.07) is 3.28. The Labute approximate surface area is 136 Å². The maximum atomic E-state index is 13.2. The third-order valence-electron chi connectivity index (χ3n) is 4.12. The predicted molar refractivity (Wildman–Crippen MR) is 81.3 cm³/mol. The van der Waals surface area contributed by atoms with E-state index in [2.05, 4.69) is 5.10 Å². The molecule has 0 fully saturated rings. The molecule has 0 aliphatic carbocycles. The van der Waals surface area contributed by atoms with E-state index < -0.39 is 23.5 Å². The van der Waals surface area contributed by atoms with Crippen molar-refractivity contribution in [1.29, 1.82) is 0 Å². The SMILES string of the molecule is CC1CCC(C(=O)O)n2c1nn(Cc1ccc(F)c(Cl)c1)c2=O. The number of carboxylic acids is 1. The summed E-state index contributed by atoms with van der Waals surface area (Å²) >= 11 is 5.74. The van der Waals surface area contributed by atoms with Crippen LogP contribution >= 0.6 is 11.6 Å². The number of aliphatic carboxylic acids is 1. The number of carbonyl (C=O) groups is 1. The molecule has 2 unspecified atom stereocenters. The molecule has 3 rings (SSSR count). The Kier molecular flexibility index (Phi) is 3.97. The first-order chi connectivity index (χ1) is 10.9. The van der Waals surface area contributed by atoms with Crippen LogP contribution in [-0.4, -0.2) is 25.4 Å². The van der Waals surface area contributed by atoms with Crippen LogP contribution in [0.3, 0.4) is 0 Å². The van der Waals surface area contributed by atoms with E-state index in [0.717, 1.165) is 0 Å². The second kappa shape index (κ2) is 5.81. The van der Waals surface area contributed by atoms with Gasteiger partial charge in [0.05, 0.1) is 11.6 Å². The summed E-state index contributed by atoms with van der Waals surface area (Å²) < 4.78 is 15.7. The molecule has 8 heteroatoms. The summed E-state index contributed by atoms with van der Waals surface area (Å²) in [6.45, 7) is 2.02. The smallest absolute Gasteiger partial charge is 0.347 e. The van der Waals surface area contributed by atoms with Gasteiger partial charge in [0.1, 0.15) is 17.7 Å². The molecule has 1 aliphatic rings. The fraction of sp³-hybridized carbons (Fsp3) is 0.400. The number of hydrogen-bond donors (Lipinski definition) is 1. The lowest BCUT2D eigenvalue weighted by atomic mass is 9.96. The van der Waals surface area contributed by atoms with Gasteiger partial charge in [-0.25, -0.2) is 18.7 Å². The molecule has 1 aliphatic heterocycles. The summed E-state index contributed by atoms with van der Waals surface area (Å²) in [6.07, 6.45) is 1.06. The average Bonchev–Trinajstić information content (AvgIpc) is 2.82. The molecule has 2 aromatic rings. The number of hydrogen-bond acceptors (Lipinski definition) is 3. The van der Waals surface area contributed by atoms with Gasteiger partial charge in [-0.1, -0.05) is 24.6 Å². The minimum Gasteiger partial charge on any atom is -0.480 e. The molecule has 2 atom stereocenters. The second-order valence-electron chi connectivity index (χ2n) is 5.75. The van der Waals surface area contributed by atoms with E-state index in [1.165, 1.54) is 27.4 Å². The van der Waals surface area contributed by atoms with Crippen molar-refractivity contribution in [3.8, 4) is 0 Å². The molecule has 122 valence electrons. The molecule has 0 spiro atoms. The summed E-state index contributed by atoms with van der Waals surface area (Å²) in [7, 11) is 0. The van der Waals surface area contributed by atoms with Gasteiger partial charge in [0, 0.05) is 5.92 Å². The number of carboxylic acid groups (broad SMARTS) is 1. The minimum absolute atomic E-state index is 0.0105. The molecule has 0 amide bonds. The van der Waals surface area contributed by atoms with Gasteiger partial charge >= 0.3 is 11.7 Å². The standard InChI is InChI=1S/C15H15ClFN3O3/c1-8-2-5-12(14(21)22)20-13(8)18-19(15(20)23)7-9-3-4-11(17)10(16)6-9/h3-4,6,8,12H,2,5,7H2,1H3,(H,21,22). The lowest BCUT2D eigenvalue weighted by Gasteiger charge is -2.23. The second-order valence-corrected chi connectivity index (χ2v) is 6.16. The van der Waals surface area contributed by atoms with Crippen molar-refractivity contribution >= 4 is 17.6 Å². The highest BCUT2D eigenvalue weighted by molar-refractivity contribution is 6.30. The maximum absolute atomic E-state index is 13.2. The van der Waals surface area contributed by atoms with Crippen molar-refractivity contribution in [2.45, 2.75) is 38.3 Å². The number of halogens is 2. The normalized spacial score (nSPS) is 20.3. The number of benzene rings is 1. The van der Waals surface area contributed by atoms with Gasteiger partial charge in [0.15, 0.2) is 0 Å². The molecule has 6 nitrogen and oxygen atoms in total. The zero-order chi connectivity index (χ0) is 16.7. The minimum atomic E-state index is -1.04. The van der Waals surface area contributed by atoms with E-state index in [0.29, 0.717) is 24.2 Å². The van der Waals surface area contributed by atoms with Gasteiger partial charge in [-0.05, 0) is 30.5 Å². The Hall–Kier alpha value is -2.15. The molecule has 1 aromatic heterocycles. The molecule has 0 bridgehead atoms. The molecule has 0 radical (unpaired) electrons. The highest BCUT2D eigenvalue weighted by Gasteiger charge is 2.33. The van der Waals surface area contributed by atoms with E-state index in [9.17, 15) is 19.1 Å². The molecule has 2 heterocycles. The Morgan fingerprint density at radius 1 is 1.48 bits per heavy atom. The van der Waals surface area contributed by atoms with E-state index in [-0.39, 0.29) is 17.5 Å². The number of fused-ring (bicyclic) bond motifs is 1. The summed E-state index contributed by atoms with van der Waals surface area (Å²) in [5, 5.41) is 13.6. The zero-order valence-corrected chi connectivity index (χ0v) is 13.1. The van der Waals surface area contributed by atoms with Gasteiger partial charge in [0.25, 0.3) is 0 Å². The first-order valence-corrected chi connectivity index (χ1v) is 7.62. The highest BCUT2D eigenvalue weighted by atomic mass is 35.5. The van der Waals surface area contributed by atoms with Crippen molar-refractivity contribution in [3.63, 3.8) is 0 Å². The van der Waals surface area contributed by atoms with Crippen LogP contribution in [0, 0.1) is 5.82 Å². The topological polar surface area (TPSA) is 77.1 Å². The molecule has 23 heavy (non-hydrogen) atoms. The van der Waals surface area contributed by atoms with Crippen LogP contribution in [0.4, 0.5) is 4.39 Å². The lowest BCUT2D eigenvalue weighted by Crippen LogP contribution is -2.35. The van der Waals surface area contributed by atoms with Crippen LogP contribution in [0.2, 0.25) is 5.02 Å². The fourth-order valence-corrected chi connectivity index (χ4v) is 3.08. The summed E-state index contributed by atoms with van der Waals surface area (Å²) in [5.41, 5.74) is 0.146. The third-order valence-corrected chi connectivity index (χ3v) is 4.41. The van der Waals surface area contributed by atoms with Gasteiger partial charge in [-0.3, -0.25) is 4.57 Å². The largest absolute Gasteiger partial charge is 0.480 e. The van der Waals surface area contributed by atoms with E-state index in [1.54, 1.807) is 0 Å². The number of aromatic nitrogens is 3. The van der Waals surface area contributed by atoms with Crippen LogP contribution in [0.5, 0.6) is 0 Å². The van der Waals surface area contributed by atoms with E-state index in [4.69, 9.17) is 11.6 Å². The highest BCUT2D eigenvalue weighted by Crippen LogP contribution is 2.30. The molecule has 0 saturated carbocycles. The van der Waals surface area contributed by atoms with Crippen molar-refractivity contribution in [1.82, 2.24) is 14.3 Å². The molecule has 0 saturated heterocycles. The fourth-order valence-electron chi connectivity index (χ4n) is 2.88. The summed E-state index contributed by atoms with van der Waals surface area (Å²) in [5.74, 6) is -1.09. The Balaban J connectivity index is 2.02. The van der Waals surface area contributed by atoms with Crippen molar-refractivity contribution < 1.29 is 14.3 Å². The van der Waals surface area contributed by atoms with Crippen LogP contribution in [-0.2, 0) is 11.3 Å². The predicted octanol–water partition coefficient (Wildman–Crippen LogP) is 2.41. The Morgan fingerprint density at radius 2 is 2.22 bits per heavy atom. The van der Waals surface area contributed by atoms with Gasteiger partial charge in [-0.2, -0.15) is 5.10 Å². The monoisotopic (exact) mass is 339 g/mol. The number of nitrogens with zero attached hydrogens (tertiary/aromatic N) is 3. The maximum Gasteiger partial charge on any atom is 0.347 e. The average molecular weight is 340 g/mol. The van der Waals surface area contributed by atoms with E-state index >= 15 is 0 Å². The first-order valence-electron chi connectivity index (χ1n) is 7.24. The first kappa shape index (κ1) is 15.7. The lowest BCUT2D eigenvalue weighted by molar-refractivity contribution is -0.141. The van der Waals surface area contributed by atoms with Crippen LogP contribution in [0.15, 0.2) is 23.0 Å². The van der Waals surface area contributed by atoms with Gasteiger partial charge in [0.2, 0.25) is 0 Å². The van der Waals surface area contributed by atoms with Gasteiger partial charge in [-0.15, -0.1) is 0 Å². The van der Waals surface area contributed by atoms with Crippen LogP contribution < -0.4 is 5.69 Å². The quantitative estimate of drug-likeness (QED) is 0.931. The van der Waals surface area contributed by atoms with E-state index in [1.807, 2.05) is 6.92 Å². The number of rotatable bonds is 3. The molecular weight excluding hydrogens is 325 g/mol. The van der Waals surface area contributed by atoms with Crippen molar-refractivity contribution in [2.24, 2.45) is 0 Å². The summed E-state index contributed by atoms with van der Waals surface area (Å²) in [4.78, 5) is 23.9. The molecule has 1 N–H and O–H groups in total.